The highest BCUT2D eigenvalue weighted by molar-refractivity contribution is 7.79. The molecule has 2 aliphatic rings. The Morgan fingerprint density at radius 1 is 0.676 bits per heavy atom. The highest BCUT2D eigenvalue weighted by Crippen LogP contribution is 2.30. The molecule has 208 valence electrons. The second-order valence-electron chi connectivity index (χ2n) is 11.5. The molecular weight excluding hydrogens is 492 g/mol. The van der Waals surface area contributed by atoms with Crippen molar-refractivity contribution in [2.45, 2.75) is 38.0 Å². The average molecular weight is 537 g/mol. The van der Waals surface area contributed by atoms with Gasteiger partial charge in [0.15, 0.2) is 12.3 Å². The SMILES string of the molecule is C[N+](C)(C)C1CCCN1c1ccc(N)cc1.C[N+](C)(C)C1CCCN1c1ccc(N)cc1.O=S(=O)([O-])[O-]. The molecule has 2 atom stereocenters. The lowest BCUT2D eigenvalue weighted by Crippen LogP contribution is -2.52. The van der Waals surface area contributed by atoms with Gasteiger partial charge >= 0.3 is 0 Å². The molecule has 2 aromatic carbocycles. The number of nitrogens with two attached hydrogens (primary N) is 2. The van der Waals surface area contributed by atoms with E-state index in [1.807, 2.05) is 24.3 Å². The van der Waals surface area contributed by atoms with Gasteiger partial charge in [0.1, 0.15) is 0 Å². The van der Waals surface area contributed by atoms with Crippen LogP contribution in [0.15, 0.2) is 48.5 Å². The number of nitrogens with zero attached hydrogens (tertiary/aromatic N) is 4. The zero-order valence-corrected chi connectivity index (χ0v) is 23.8. The van der Waals surface area contributed by atoms with Crippen molar-refractivity contribution in [3.63, 3.8) is 0 Å². The molecule has 0 aromatic heterocycles. The van der Waals surface area contributed by atoms with E-state index < -0.39 is 10.4 Å². The maximum atomic E-state index is 8.52. The van der Waals surface area contributed by atoms with Crippen molar-refractivity contribution in [1.29, 1.82) is 0 Å². The zero-order valence-electron chi connectivity index (χ0n) is 23.0. The fraction of sp³-hybridized carbons (Fsp3) is 0.538. The number of hydrogen-bond acceptors (Lipinski definition) is 8. The summed E-state index contributed by atoms with van der Waals surface area (Å²) in [6.07, 6.45) is 6.28. The molecule has 2 aromatic rings. The fourth-order valence-corrected chi connectivity index (χ4v) is 5.04. The number of benzene rings is 2. The smallest absolute Gasteiger partial charge is 0.164 e. The van der Waals surface area contributed by atoms with Gasteiger partial charge in [-0.05, 0) is 61.4 Å². The molecule has 2 heterocycles. The molecule has 37 heavy (non-hydrogen) atoms. The normalized spacial score (nSPS) is 20.1. The third kappa shape index (κ3) is 10.0. The van der Waals surface area contributed by atoms with Crippen molar-refractivity contribution < 1.29 is 26.5 Å². The van der Waals surface area contributed by atoms with Gasteiger partial charge in [0, 0.05) is 59.1 Å². The van der Waals surface area contributed by atoms with Crippen molar-refractivity contribution in [2.75, 3.05) is 76.6 Å². The number of rotatable bonds is 4. The van der Waals surface area contributed by atoms with Crippen molar-refractivity contribution in [1.82, 2.24) is 0 Å². The van der Waals surface area contributed by atoms with Gasteiger partial charge in [0.2, 0.25) is 0 Å². The Hall–Kier alpha value is -2.57. The van der Waals surface area contributed by atoms with Crippen LogP contribution in [0.3, 0.4) is 0 Å². The molecule has 2 aliphatic heterocycles. The third-order valence-electron chi connectivity index (χ3n) is 6.68. The van der Waals surface area contributed by atoms with Crippen LogP contribution in [-0.4, -0.2) is 94.2 Å². The maximum absolute atomic E-state index is 8.52. The number of nitrogen functional groups attached to an aromatic ring is 2. The van der Waals surface area contributed by atoms with E-state index in [1.54, 1.807) is 0 Å². The van der Waals surface area contributed by atoms with Gasteiger partial charge in [0.25, 0.3) is 0 Å². The number of anilines is 4. The van der Waals surface area contributed by atoms with Crippen LogP contribution in [-0.2, 0) is 10.4 Å². The second kappa shape index (κ2) is 12.3. The lowest BCUT2D eigenvalue weighted by atomic mass is 10.2. The molecule has 2 fully saturated rings. The first kappa shape index (κ1) is 30.7. The first-order chi connectivity index (χ1) is 17.0. The summed E-state index contributed by atoms with van der Waals surface area (Å²) in [4.78, 5) is 5.00. The Labute approximate surface area is 222 Å². The van der Waals surface area contributed by atoms with Crippen molar-refractivity contribution in [3.05, 3.63) is 48.5 Å². The molecule has 0 bridgehead atoms. The first-order valence-electron chi connectivity index (χ1n) is 12.5. The van der Waals surface area contributed by atoms with Gasteiger partial charge in [0.05, 0.1) is 42.3 Å². The standard InChI is InChI=1S/2C13H22N3.H2O4S/c2*1-16(2,3)13-5-4-10-15(13)12-8-6-11(14)7-9-12;1-5(2,3)4/h2*6-9,13H,4-5,10,14H2,1-3H3;(H2,1,2,3,4)/q2*+1;/p-2. The molecule has 0 aliphatic carbocycles. The molecule has 4 rings (SSSR count). The summed E-state index contributed by atoms with van der Waals surface area (Å²) in [6, 6.07) is 16.5. The summed E-state index contributed by atoms with van der Waals surface area (Å²) in [7, 11) is 8.42. The first-order valence-corrected chi connectivity index (χ1v) is 13.8. The number of quaternary nitrogens is 2. The summed E-state index contributed by atoms with van der Waals surface area (Å²) >= 11 is 0. The summed E-state index contributed by atoms with van der Waals surface area (Å²) in [6.45, 7) is 2.31. The third-order valence-corrected chi connectivity index (χ3v) is 6.68. The van der Waals surface area contributed by atoms with Crippen LogP contribution in [0.1, 0.15) is 25.7 Å². The van der Waals surface area contributed by atoms with Crippen LogP contribution < -0.4 is 21.3 Å². The Morgan fingerprint density at radius 3 is 1.19 bits per heavy atom. The van der Waals surface area contributed by atoms with Gasteiger partial charge in [-0.2, -0.15) is 0 Å². The Kier molecular flexibility index (Phi) is 10.2. The minimum Gasteiger partial charge on any atom is -0.759 e. The van der Waals surface area contributed by atoms with E-state index in [0.717, 1.165) is 33.4 Å². The van der Waals surface area contributed by atoms with Crippen LogP contribution in [0.4, 0.5) is 22.7 Å². The van der Waals surface area contributed by atoms with E-state index >= 15 is 0 Å². The molecule has 2 unspecified atom stereocenters. The lowest BCUT2D eigenvalue weighted by Gasteiger charge is -2.38. The van der Waals surface area contributed by atoms with Crippen LogP contribution >= 0.6 is 0 Å². The van der Waals surface area contributed by atoms with Crippen molar-refractivity contribution in [3.8, 4) is 0 Å². The van der Waals surface area contributed by atoms with Crippen LogP contribution in [0.25, 0.3) is 0 Å². The van der Waals surface area contributed by atoms with Crippen LogP contribution in [0, 0.1) is 0 Å². The Morgan fingerprint density at radius 2 is 0.946 bits per heavy atom. The predicted molar refractivity (Wildman–Crippen MR) is 149 cm³/mol. The summed E-state index contributed by atoms with van der Waals surface area (Å²) in [5.41, 5.74) is 15.7. The fourth-order valence-electron chi connectivity index (χ4n) is 5.04. The van der Waals surface area contributed by atoms with Crippen LogP contribution in [0.2, 0.25) is 0 Å². The van der Waals surface area contributed by atoms with Gasteiger partial charge in [-0.1, -0.05) is 0 Å². The molecule has 4 N–H and O–H groups in total. The minimum atomic E-state index is -5.17. The molecule has 10 nitrogen and oxygen atoms in total. The average Bonchev–Trinajstić information content (AvgIpc) is 3.44. The predicted octanol–water partition coefficient (Wildman–Crippen LogP) is 2.46. The molecule has 0 saturated carbocycles. The highest BCUT2D eigenvalue weighted by atomic mass is 32.3. The second-order valence-corrected chi connectivity index (χ2v) is 12.3. The molecular formula is C26H44N6O4S. The van der Waals surface area contributed by atoms with Gasteiger partial charge in [-0.3, -0.25) is 8.42 Å². The van der Waals surface area contributed by atoms with E-state index in [1.165, 1.54) is 37.1 Å². The van der Waals surface area contributed by atoms with E-state index in [4.69, 9.17) is 29.0 Å². The van der Waals surface area contributed by atoms with Gasteiger partial charge < -0.3 is 39.3 Å². The summed E-state index contributed by atoms with van der Waals surface area (Å²) in [5.74, 6) is 0. The molecule has 11 heteroatoms. The monoisotopic (exact) mass is 536 g/mol. The van der Waals surface area contributed by atoms with E-state index in [9.17, 15) is 0 Å². The molecule has 0 radical (unpaired) electrons. The van der Waals surface area contributed by atoms with E-state index in [-0.39, 0.29) is 0 Å². The summed E-state index contributed by atoms with van der Waals surface area (Å²) in [5, 5.41) is 0. The Balaban J connectivity index is 0.000000221. The van der Waals surface area contributed by atoms with Crippen LogP contribution in [0.5, 0.6) is 0 Å². The largest absolute Gasteiger partial charge is 0.759 e. The van der Waals surface area contributed by atoms with Crippen molar-refractivity contribution in [2.24, 2.45) is 0 Å². The van der Waals surface area contributed by atoms with E-state index in [2.05, 4.69) is 76.4 Å². The van der Waals surface area contributed by atoms with Gasteiger partial charge in [-0.15, -0.1) is 0 Å². The van der Waals surface area contributed by atoms with Gasteiger partial charge in [-0.25, -0.2) is 0 Å². The number of hydrogen-bond donors (Lipinski definition) is 2. The zero-order chi connectivity index (χ0) is 28.0. The van der Waals surface area contributed by atoms with E-state index in [0.29, 0.717) is 12.3 Å². The quantitative estimate of drug-likeness (QED) is 0.263. The topological polar surface area (TPSA) is 139 Å². The Bertz CT molecular complexity index is 999. The summed E-state index contributed by atoms with van der Waals surface area (Å²) < 4.78 is 36.1. The van der Waals surface area contributed by atoms with Crippen molar-refractivity contribution >= 4 is 33.1 Å². The lowest BCUT2D eigenvalue weighted by molar-refractivity contribution is -0.894. The molecule has 0 amide bonds. The molecule has 0 spiro atoms. The maximum Gasteiger partial charge on any atom is 0.164 e. The molecule has 2 saturated heterocycles. The minimum absolute atomic E-state index is 0.587. The highest BCUT2D eigenvalue weighted by Gasteiger charge is 2.35.